The molecule has 1 amide bonds. The summed E-state index contributed by atoms with van der Waals surface area (Å²) in [5.41, 5.74) is 2.56. The first-order valence-electron chi connectivity index (χ1n) is 7.86. The highest BCUT2D eigenvalue weighted by atomic mass is 16.5. The van der Waals surface area contributed by atoms with E-state index in [2.05, 4.69) is 4.98 Å². The van der Waals surface area contributed by atoms with Crippen molar-refractivity contribution in [1.29, 1.82) is 0 Å². The van der Waals surface area contributed by atoms with E-state index in [0.717, 1.165) is 16.7 Å². The second kappa shape index (κ2) is 6.88. The highest BCUT2D eigenvalue weighted by Gasteiger charge is 2.23. The topological polar surface area (TPSA) is 65.9 Å². The Morgan fingerprint density at radius 1 is 1.38 bits per heavy atom. The van der Waals surface area contributed by atoms with E-state index in [1.807, 2.05) is 37.2 Å². The van der Waals surface area contributed by atoms with Crippen LogP contribution in [0.4, 0.5) is 0 Å². The first kappa shape index (κ1) is 16.3. The lowest BCUT2D eigenvalue weighted by Gasteiger charge is -2.22. The molecule has 1 aliphatic rings. The number of likely N-dealkylation sites (N-methyl/N-ethyl adjacent to an activating group) is 1. The molecular weight excluding hydrogens is 306 g/mol. The van der Waals surface area contributed by atoms with E-state index < -0.39 is 0 Å². The van der Waals surface area contributed by atoms with Crippen LogP contribution in [-0.2, 0) is 11.3 Å². The fourth-order valence-electron chi connectivity index (χ4n) is 2.78. The number of phenols is 1. The third-order valence-electron chi connectivity index (χ3n) is 3.91. The van der Waals surface area contributed by atoms with Crippen LogP contribution in [0.1, 0.15) is 5.56 Å². The number of benzene rings is 1. The average Bonchev–Trinajstić information content (AvgIpc) is 2.78. The van der Waals surface area contributed by atoms with E-state index >= 15 is 0 Å². The summed E-state index contributed by atoms with van der Waals surface area (Å²) >= 11 is 0. The summed E-state index contributed by atoms with van der Waals surface area (Å²) in [5.74, 6) is 0.596. The summed E-state index contributed by atoms with van der Waals surface area (Å²) < 4.78 is 5.68. The maximum Gasteiger partial charge on any atom is 0.237 e. The smallest absolute Gasteiger partial charge is 0.237 e. The minimum absolute atomic E-state index is 0.0442. The molecule has 0 spiro atoms. The Hall–Kier alpha value is -2.60. The first-order valence-corrected chi connectivity index (χ1v) is 7.86. The first-order chi connectivity index (χ1) is 11.5. The Morgan fingerprint density at radius 3 is 2.92 bits per heavy atom. The van der Waals surface area contributed by atoms with Gasteiger partial charge in [-0.25, -0.2) is 0 Å². The molecule has 0 fully saturated rings. The Balaban J connectivity index is 1.93. The molecule has 1 aromatic heterocycles. The van der Waals surface area contributed by atoms with Crippen molar-refractivity contribution in [1.82, 2.24) is 14.8 Å². The normalized spacial score (nSPS) is 14.0. The Kier molecular flexibility index (Phi) is 4.66. The van der Waals surface area contributed by atoms with Crippen molar-refractivity contribution >= 4 is 5.91 Å². The number of hydrogen-bond donors (Lipinski definition) is 1. The van der Waals surface area contributed by atoms with Crippen molar-refractivity contribution in [3.8, 4) is 22.6 Å². The van der Waals surface area contributed by atoms with Crippen molar-refractivity contribution in [2.75, 3.05) is 33.8 Å². The van der Waals surface area contributed by atoms with Crippen molar-refractivity contribution in [3.63, 3.8) is 0 Å². The van der Waals surface area contributed by atoms with E-state index in [4.69, 9.17) is 4.74 Å². The zero-order valence-electron chi connectivity index (χ0n) is 13.9. The molecule has 0 unspecified atom stereocenters. The van der Waals surface area contributed by atoms with Crippen LogP contribution in [0.15, 0.2) is 36.7 Å². The fourth-order valence-corrected chi connectivity index (χ4v) is 2.78. The van der Waals surface area contributed by atoms with Crippen molar-refractivity contribution < 1.29 is 14.6 Å². The number of carbonyl (C=O) groups excluding carboxylic acids is 1. The number of pyridine rings is 1. The number of fused-ring (bicyclic) bond motifs is 1. The van der Waals surface area contributed by atoms with Crippen LogP contribution in [0.3, 0.4) is 0 Å². The molecule has 0 atom stereocenters. The SMILES string of the molecule is CN(C)CC(=O)N1CCOc2c(O)cc(-c3cccnc3)cc2C1. The van der Waals surface area contributed by atoms with Gasteiger partial charge in [-0.2, -0.15) is 0 Å². The highest BCUT2D eigenvalue weighted by molar-refractivity contribution is 5.78. The molecule has 1 aromatic carbocycles. The largest absolute Gasteiger partial charge is 0.504 e. The van der Waals surface area contributed by atoms with Gasteiger partial charge in [-0.15, -0.1) is 0 Å². The zero-order chi connectivity index (χ0) is 17.1. The van der Waals surface area contributed by atoms with Gasteiger partial charge in [0.05, 0.1) is 13.1 Å². The molecule has 0 saturated carbocycles. The van der Waals surface area contributed by atoms with Crippen LogP contribution in [0.2, 0.25) is 0 Å². The molecule has 0 saturated heterocycles. The van der Waals surface area contributed by atoms with Crippen LogP contribution in [-0.4, -0.2) is 59.6 Å². The zero-order valence-corrected chi connectivity index (χ0v) is 13.9. The van der Waals surface area contributed by atoms with Gasteiger partial charge in [0.15, 0.2) is 11.5 Å². The molecular formula is C18H21N3O3. The van der Waals surface area contributed by atoms with Gasteiger partial charge in [0.1, 0.15) is 6.61 Å². The number of carbonyl (C=O) groups is 1. The molecule has 24 heavy (non-hydrogen) atoms. The number of ether oxygens (including phenoxy) is 1. The molecule has 6 heteroatoms. The van der Waals surface area contributed by atoms with Gasteiger partial charge in [-0.3, -0.25) is 9.78 Å². The average molecular weight is 327 g/mol. The molecule has 0 aliphatic carbocycles. The molecule has 2 heterocycles. The molecule has 6 nitrogen and oxygen atoms in total. The number of rotatable bonds is 3. The van der Waals surface area contributed by atoms with Gasteiger partial charge in [-0.1, -0.05) is 6.07 Å². The Labute approximate surface area is 141 Å². The number of hydrogen-bond acceptors (Lipinski definition) is 5. The Morgan fingerprint density at radius 2 is 2.21 bits per heavy atom. The van der Waals surface area contributed by atoms with E-state index in [1.165, 1.54) is 0 Å². The predicted octanol–water partition coefficient (Wildman–Crippen LogP) is 1.74. The van der Waals surface area contributed by atoms with E-state index in [9.17, 15) is 9.90 Å². The molecule has 1 aliphatic heterocycles. The number of aromatic hydroxyl groups is 1. The van der Waals surface area contributed by atoms with E-state index in [-0.39, 0.29) is 11.7 Å². The molecule has 0 radical (unpaired) electrons. The summed E-state index contributed by atoms with van der Waals surface area (Å²) in [7, 11) is 3.74. The van der Waals surface area contributed by atoms with Crippen LogP contribution >= 0.6 is 0 Å². The van der Waals surface area contributed by atoms with Gasteiger partial charge in [0, 0.05) is 30.1 Å². The third kappa shape index (κ3) is 3.49. The van der Waals surface area contributed by atoms with Crippen molar-refractivity contribution in [2.45, 2.75) is 6.54 Å². The minimum atomic E-state index is 0.0442. The lowest BCUT2D eigenvalue weighted by Crippen LogP contribution is -2.38. The molecule has 2 aromatic rings. The molecule has 0 bridgehead atoms. The monoisotopic (exact) mass is 327 g/mol. The van der Waals surface area contributed by atoms with E-state index in [0.29, 0.717) is 32.0 Å². The number of amides is 1. The summed E-state index contributed by atoms with van der Waals surface area (Å²) in [5, 5.41) is 10.3. The Bertz CT molecular complexity index is 732. The molecule has 3 rings (SSSR count). The summed E-state index contributed by atoms with van der Waals surface area (Å²) in [4.78, 5) is 20.1. The lowest BCUT2D eigenvalue weighted by molar-refractivity contribution is -0.132. The van der Waals surface area contributed by atoms with Crippen molar-refractivity contribution in [3.05, 3.63) is 42.2 Å². The minimum Gasteiger partial charge on any atom is -0.504 e. The fraction of sp³-hybridized carbons (Fsp3) is 0.333. The number of aromatic nitrogens is 1. The maximum absolute atomic E-state index is 12.4. The van der Waals surface area contributed by atoms with Crippen LogP contribution in [0, 0.1) is 0 Å². The quantitative estimate of drug-likeness (QED) is 0.930. The van der Waals surface area contributed by atoms with Gasteiger partial charge in [0.25, 0.3) is 0 Å². The molecule has 126 valence electrons. The van der Waals surface area contributed by atoms with Gasteiger partial charge < -0.3 is 19.6 Å². The lowest BCUT2D eigenvalue weighted by atomic mass is 10.0. The van der Waals surface area contributed by atoms with Crippen LogP contribution in [0.25, 0.3) is 11.1 Å². The summed E-state index contributed by atoms with van der Waals surface area (Å²) in [6.45, 7) is 1.64. The second-order valence-corrected chi connectivity index (χ2v) is 6.13. The number of nitrogens with zero attached hydrogens (tertiary/aromatic N) is 3. The standard InChI is InChI=1S/C18H21N3O3/c1-20(2)12-17(23)21-6-7-24-18-15(11-21)8-14(9-16(18)22)13-4-3-5-19-10-13/h3-5,8-10,22H,6-7,11-12H2,1-2H3. The van der Waals surface area contributed by atoms with Crippen LogP contribution < -0.4 is 4.74 Å². The number of phenolic OH excluding ortho intramolecular Hbond substituents is 1. The molecule has 1 N–H and O–H groups in total. The summed E-state index contributed by atoms with van der Waals surface area (Å²) in [6.07, 6.45) is 3.45. The highest BCUT2D eigenvalue weighted by Crippen LogP contribution is 2.37. The second-order valence-electron chi connectivity index (χ2n) is 6.13. The van der Waals surface area contributed by atoms with Gasteiger partial charge >= 0.3 is 0 Å². The van der Waals surface area contributed by atoms with Crippen molar-refractivity contribution in [2.24, 2.45) is 0 Å². The van der Waals surface area contributed by atoms with E-state index in [1.54, 1.807) is 23.4 Å². The third-order valence-corrected chi connectivity index (χ3v) is 3.91. The van der Waals surface area contributed by atoms with Crippen LogP contribution in [0.5, 0.6) is 11.5 Å². The summed E-state index contributed by atoms with van der Waals surface area (Å²) in [6, 6.07) is 7.41. The maximum atomic E-state index is 12.4. The van der Waals surface area contributed by atoms with Gasteiger partial charge in [0.2, 0.25) is 5.91 Å². The van der Waals surface area contributed by atoms with Gasteiger partial charge in [-0.05, 0) is 37.9 Å². The predicted molar refractivity (Wildman–Crippen MR) is 90.8 cm³/mol.